The summed E-state index contributed by atoms with van der Waals surface area (Å²) in [5, 5.41) is 0. The molecule has 0 aromatic carbocycles. The summed E-state index contributed by atoms with van der Waals surface area (Å²) in [6.07, 6.45) is 0.0552. The molecule has 1 aliphatic heterocycles. The Morgan fingerprint density at radius 2 is 2.10 bits per heavy atom. The zero-order valence-corrected chi connectivity index (χ0v) is 25.5. The summed E-state index contributed by atoms with van der Waals surface area (Å²) in [4.78, 5) is 44.1. The molecule has 1 saturated heterocycles. The maximum atomic E-state index is 13.5. The molecule has 4 aromatic rings. The van der Waals surface area contributed by atoms with Crippen molar-refractivity contribution < 1.29 is 41.6 Å². The number of hydrogen-bond donors (Lipinski definition) is 6. The van der Waals surface area contributed by atoms with Gasteiger partial charge >= 0.3 is 19.2 Å². The zero-order valence-electron chi connectivity index (χ0n) is 22.0. The number of rotatable bonds is 12. The first kappa shape index (κ1) is 30.9. The van der Waals surface area contributed by atoms with E-state index in [-0.39, 0.29) is 60.6 Å². The number of methoxy groups -OCH3 is 1. The van der Waals surface area contributed by atoms with Gasteiger partial charge in [-0.25, -0.2) is 24.1 Å². The van der Waals surface area contributed by atoms with Crippen molar-refractivity contribution in [1.29, 1.82) is 0 Å². The van der Waals surface area contributed by atoms with E-state index in [4.69, 9.17) is 50.8 Å². The highest BCUT2D eigenvalue weighted by Gasteiger charge is 2.47. The number of imidazole rings is 2. The molecule has 42 heavy (non-hydrogen) atoms. The van der Waals surface area contributed by atoms with Crippen LogP contribution in [0.15, 0.2) is 17.4 Å². The molecular formula is C19H27N10O9P2S2+. The van der Waals surface area contributed by atoms with E-state index < -0.39 is 37.5 Å². The molecule has 0 bridgehead atoms. The van der Waals surface area contributed by atoms with Crippen molar-refractivity contribution in [3.05, 3.63) is 28.8 Å². The third-order valence-corrected chi connectivity index (χ3v) is 9.55. The summed E-state index contributed by atoms with van der Waals surface area (Å²) in [6.45, 7) is -7.82. The lowest BCUT2D eigenvalue weighted by Gasteiger charge is -2.24. The lowest BCUT2D eigenvalue weighted by molar-refractivity contribution is -0.742. The highest BCUT2D eigenvalue weighted by Crippen LogP contribution is 2.56. The summed E-state index contributed by atoms with van der Waals surface area (Å²) >= 11 is 9.04. The van der Waals surface area contributed by atoms with Crippen LogP contribution in [0.3, 0.4) is 0 Å². The standard InChI is InChI=1S/C19H26N10O9P2S2/c1-33-9-5-35-18(29-8-24-12-16(29)26-19(21)27-17(12)30)13(9)38-40(32,42)37-6-10-25-11-14(20)22-7-23-15(11)28(10)3-4-36-39(31,41)34-2/h7-9,13,18H,3-6H2,1-2H3,(H7,20,21,22,23,26,27,30,31,32,41,42)/p+1. The molecule has 0 spiro atoms. The number of nitrogens with two attached hydrogens (primary N) is 2. The Labute approximate surface area is 246 Å². The first-order chi connectivity index (χ1) is 19.9. The number of thiol groups is 1. The van der Waals surface area contributed by atoms with Crippen LogP contribution in [-0.4, -0.2) is 79.0 Å². The van der Waals surface area contributed by atoms with E-state index in [0.29, 0.717) is 5.65 Å². The predicted molar refractivity (Wildman–Crippen MR) is 153 cm³/mol. The van der Waals surface area contributed by atoms with Gasteiger partial charge in [-0.1, -0.05) is 17.2 Å². The van der Waals surface area contributed by atoms with Gasteiger partial charge in [-0.2, -0.15) is 0 Å². The number of aromatic nitrogens is 8. The molecule has 19 nitrogen and oxygen atoms in total. The fourth-order valence-corrected chi connectivity index (χ4v) is 6.31. The smallest absolute Gasteiger partial charge is 0.382 e. The fourth-order valence-electron chi connectivity index (χ4n) is 4.28. The van der Waals surface area contributed by atoms with E-state index in [1.807, 2.05) is 0 Å². The minimum Gasteiger partial charge on any atom is -0.382 e. The van der Waals surface area contributed by atoms with Crippen molar-refractivity contribution >= 4 is 71.7 Å². The van der Waals surface area contributed by atoms with Crippen molar-refractivity contribution in [1.82, 2.24) is 34.5 Å². The first-order valence-electron chi connectivity index (χ1n) is 12.0. The van der Waals surface area contributed by atoms with E-state index in [9.17, 15) is 14.3 Å². The van der Waals surface area contributed by atoms with E-state index in [1.165, 1.54) is 31.4 Å². The zero-order chi connectivity index (χ0) is 30.2. The van der Waals surface area contributed by atoms with Crippen molar-refractivity contribution in [3.8, 4) is 0 Å². The summed E-state index contributed by atoms with van der Waals surface area (Å²) in [5.41, 5.74) is 12.1. The maximum Gasteiger partial charge on any atom is 0.387 e. The first-order valence-corrected chi connectivity index (χ1v) is 17.3. The Morgan fingerprint density at radius 1 is 1.31 bits per heavy atom. The normalized spacial score (nSPS) is 22.0. The molecule has 7 N–H and O–H groups in total. The second-order valence-electron chi connectivity index (χ2n) is 8.74. The minimum atomic E-state index is -4.13. The highest BCUT2D eigenvalue weighted by molar-refractivity contribution is 8.44. The molecule has 0 aliphatic carbocycles. The van der Waals surface area contributed by atoms with Crippen LogP contribution in [-0.2, 0) is 57.1 Å². The van der Waals surface area contributed by atoms with Crippen LogP contribution in [0.5, 0.6) is 0 Å². The number of nitrogen functional groups attached to an aromatic ring is 2. The quantitative estimate of drug-likeness (QED) is 0.0656. The molecule has 23 heteroatoms. The molecule has 5 rings (SSSR count). The van der Waals surface area contributed by atoms with E-state index in [0.717, 1.165) is 0 Å². The number of aromatic amines is 2. The van der Waals surface area contributed by atoms with Gasteiger partial charge in [0.2, 0.25) is 11.7 Å². The SMILES string of the molecule is COC1COC([n+]2c[nH]c3c(=O)[nH]c(N)nc32)C1OP(=O)(S)OCc1nc2c(N)ncnc2n1CCOP(O)(=S)OC. The average Bonchev–Trinajstić information content (AvgIpc) is 3.63. The van der Waals surface area contributed by atoms with Crippen LogP contribution in [0.2, 0.25) is 0 Å². The Hall–Kier alpha value is -2.55. The molecule has 5 unspecified atom stereocenters. The number of hydrogen-bond acceptors (Lipinski definition) is 15. The van der Waals surface area contributed by atoms with Gasteiger partial charge in [-0.15, -0.1) is 0 Å². The number of H-pyrrole nitrogens is 2. The molecule has 1 aliphatic rings. The van der Waals surface area contributed by atoms with Crippen molar-refractivity contribution in [2.24, 2.45) is 0 Å². The number of ether oxygens (including phenoxy) is 2. The van der Waals surface area contributed by atoms with Crippen LogP contribution in [0.25, 0.3) is 22.3 Å². The van der Waals surface area contributed by atoms with E-state index in [2.05, 4.69) is 42.2 Å². The molecule has 5 atom stereocenters. The molecule has 0 amide bonds. The van der Waals surface area contributed by atoms with Crippen molar-refractivity contribution in [2.45, 2.75) is 31.6 Å². The Bertz CT molecular complexity index is 1770. The second kappa shape index (κ2) is 12.2. The Kier molecular flexibility index (Phi) is 8.98. The van der Waals surface area contributed by atoms with Crippen LogP contribution < -0.4 is 21.6 Å². The minimum absolute atomic E-state index is 0.0605. The second-order valence-corrected chi connectivity index (χ2v) is 14.6. The van der Waals surface area contributed by atoms with Gasteiger partial charge in [0.1, 0.15) is 24.9 Å². The Morgan fingerprint density at radius 3 is 2.83 bits per heavy atom. The van der Waals surface area contributed by atoms with E-state index >= 15 is 0 Å². The summed E-state index contributed by atoms with van der Waals surface area (Å²) < 4.78 is 49.4. The third-order valence-electron chi connectivity index (χ3n) is 6.22. The molecule has 0 radical (unpaired) electrons. The molecule has 4 aromatic heterocycles. The van der Waals surface area contributed by atoms with Gasteiger partial charge in [0.15, 0.2) is 29.4 Å². The number of nitrogens with zero attached hydrogens (tertiary/aromatic N) is 6. The topological polar surface area (TPSA) is 254 Å². The van der Waals surface area contributed by atoms with Gasteiger partial charge in [0, 0.05) is 20.8 Å². The number of anilines is 2. The molecule has 228 valence electrons. The van der Waals surface area contributed by atoms with Crippen LogP contribution in [0.4, 0.5) is 11.8 Å². The Balaban J connectivity index is 1.37. The van der Waals surface area contributed by atoms with Crippen LogP contribution >= 0.6 is 25.8 Å². The van der Waals surface area contributed by atoms with Gasteiger partial charge in [-0.05, 0) is 11.8 Å². The maximum absolute atomic E-state index is 13.5. The highest BCUT2D eigenvalue weighted by atomic mass is 32.7. The number of nitrogens with one attached hydrogen (secondary N) is 2. The average molecular weight is 666 g/mol. The fraction of sp³-hybridized carbons (Fsp3) is 0.474. The molecular weight excluding hydrogens is 638 g/mol. The number of fused-ring (bicyclic) bond motifs is 2. The van der Waals surface area contributed by atoms with E-state index in [1.54, 1.807) is 4.57 Å². The summed E-state index contributed by atoms with van der Waals surface area (Å²) in [7, 11) is 2.67. The largest absolute Gasteiger partial charge is 0.387 e. The van der Waals surface area contributed by atoms with Gasteiger partial charge in [0.05, 0.1) is 13.2 Å². The lowest BCUT2D eigenvalue weighted by Crippen LogP contribution is -2.47. The molecule has 0 saturated carbocycles. The lowest BCUT2D eigenvalue weighted by atomic mass is 10.2. The van der Waals surface area contributed by atoms with Crippen LogP contribution in [0, 0.1) is 0 Å². The molecule has 1 fully saturated rings. The molecule has 5 heterocycles. The third kappa shape index (κ3) is 6.36. The summed E-state index contributed by atoms with van der Waals surface area (Å²) in [5.74, 6) is 0.228. The van der Waals surface area contributed by atoms with Crippen LogP contribution in [0.1, 0.15) is 12.1 Å². The van der Waals surface area contributed by atoms with Crippen molar-refractivity contribution in [2.75, 3.05) is 38.9 Å². The van der Waals surface area contributed by atoms with Crippen molar-refractivity contribution in [3.63, 3.8) is 0 Å². The van der Waals surface area contributed by atoms with Gasteiger partial charge in [0.25, 0.3) is 11.5 Å². The van der Waals surface area contributed by atoms with Gasteiger partial charge < -0.3 is 39.4 Å². The monoisotopic (exact) mass is 665 g/mol. The summed E-state index contributed by atoms with van der Waals surface area (Å²) in [6, 6.07) is 0. The van der Waals surface area contributed by atoms with Gasteiger partial charge in [-0.3, -0.25) is 23.8 Å². The predicted octanol–water partition coefficient (Wildman–Crippen LogP) is -0.0937.